The minimum absolute atomic E-state index is 0.0814. The highest BCUT2D eigenvalue weighted by Crippen LogP contribution is 2.37. The van der Waals surface area contributed by atoms with E-state index in [0.717, 1.165) is 39.9 Å². The molecule has 0 bridgehead atoms. The van der Waals surface area contributed by atoms with Crippen molar-refractivity contribution < 1.29 is 14.3 Å². The molecule has 1 aliphatic carbocycles. The molecular weight excluding hydrogens is 428 g/mol. The summed E-state index contributed by atoms with van der Waals surface area (Å²) in [6.45, 7) is 0.482. The lowest BCUT2D eigenvalue weighted by atomic mass is 9.78. The van der Waals surface area contributed by atoms with E-state index in [4.69, 9.17) is 21.1 Å². The van der Waals surface area contributed by atoms with E-state index in [-0.39, 0.29) is 23.9 Å². The second-order valence-corrected chi connectivity index (χ2v) is 8.34. The summed E-state index contributed by atoms with van der Waals surface area (Å²) in [4.78, 5) is 13.0. The van der Waals surface area contributed by atoms with Crippen molar-refractivity contribution >= 4 is 38.9 Å². The van der Waals surface area contributed by atoms with Crippen molar-refractivity contribution in [3.8, 4) is 0 Å². The summed E-state index contributed by atoms with van der Waals surface area (Å²) in [6.07, 6.45) is 3.97. The second-order valence-electron chi connectivity index (χ2n) is 7.02. The summed E-state index contributed by atoms with van der Waals surface area (Å²) in [7, 11) is 0. The van der Waals surface area contributed by atoms with Crippen molar-refractivity contribution in [2.24, 2.45) is 5.92 Å². The lowest BCUT2D eigenvalue weighted by molar-refractivity contribution is -0.128. The van der Waals surface area contributed by atoms with E-state index in [1.807, 2.05) is 48.5 Å². The molecule has 3 unspecified atom stereocenters. The number of hydrogen-bond acceptors (Lipinski definition) is 3. The van der Waals surface area contributed by atoms with Gasteiger partial charge in [-0.15, -0.1) is 0 Å². The van der Waals surface area contributed by atoms with Gasteiger partial charge in [-0.2, -0.15) is 0 Å². The van der Waals surface area contributed by atoms with Gasteiger partial charge in [-0.1, -0.05) is 57.9 Å². The fourth-order valence-electron chi connectivity index (χ4n) is 3.77. The normalized spacial score (nSPS) is 24.7. The van der Waals surface area contributed by atoms with E-state index >= 15 is 0 Å². The first-order chi connectivity index (χ1) is 13.1. The summed E-state index contributed by atoms with van der Waals surface area (Å²) < 4.78 is 13.0. The number of rotatable bonds is 4. The third-order valence-electron chi connectivity index (χ3n) is 5.29. The quantitative estimate of drug-likeness (QED) is 0.594. The molecule has 0 spiro atoms. The highest BCUT2D eigenvalue weighted by Gasteiger charge is 2.40. The molecule has 0 radical (unpaired) electrons. The van der Waals surface area contributed by atoms with Gasteiger partial charge < -0.3 is 9.47 Å². The average molecular weight is 448 g/mol. The van der Waals surface area contributed by atoms with Gasteiger partial charge in [-0.05, 0) is 42.2 Å². The Bertz CT molecular complexity index is 862. The Morgan fingerprint density at radius 2 is 1.89 bits per heavy atom. The first-order valence-corrected chi connectivity index (χ1v) is 10.3. The zero-order valence-corrected chi connectivity index (χ0v) is 17.1. The summed E-state index contributed by atoms with van der Waals surface area (Å²) >= 11 is 9.62. The SMILES string of the molecule is O=C1C(c2ccc(Br)cc2)=COC2CC(OCc3ccccc3Cl)CCC12. The molecule has 0 aromatic heterocycles. The molecule has 0 N–H and O–H groups in total. The van der Waals surface area contributed by atoms with Crippen LogP contribution in [0.3, 0.4) is 0 Å². The number of benzene rings is 2. The minimum Gasteiger partial charge on any atom is -0.496 e. The second kappa shape index (κ2) is 8.17. The molecule has 1 saturated carbocycles. The van der Waals surface area contributed by atoms with E-state index in [2.05, 4.69) is 15.9 Å². The van der Waals surface area contributed by atoms with Gasteiger partial charge in [0.2, 0.25) is 0 Å². The summed E-state index contributed by atoms with van der Waals surface area (Å²) in [5.41, 5.74) is 2.55. The van der Waals surface area contributed by atoms with Crippen LogP contribution in [0.25, 0.3) is 5.57 Å². The van der Waals surface area contributed by atoms with Gasteiger partial charge in [0, 0.05) is 15.9 Å². The van der Waals surface area contributed by atoms with Crippen LogP contribution in [-0.4, -0.2) is 18.0 Å². The Labute approximate surface area is 172 Å². The molecule has 4 rings (SSSR count). The molecule has 2 aromatic rings. The van der Waals surface area contributed by atoms with E-state index in [9.17, 15) is 4.79 Å². The lowest BCUT2D eigenvalue weighted by Gasteiger charge is -2.37. The fourth-order valence-corrected chi connectivity index (χ4v) is 4.22. The van der Waals surface area contributed by atoms with Crippen molar-refractivity contribution in [1.29, 1.82) is 0 Å². The third-order valence-corrected chi connectivity index (χ3v) is 6.19. The highest BCUT2D eigenvalue weighted by molar-refractivity contribution is 9.10. The van der Waals surface area contributed by atoms with Crippen LogP contribution in [0.5, 0.6) is 0 Å². The minimum atomic E-state index is -0.110. The molecule has 2 aromatic carbocycles. The van der Waals surface area contributed by atoms with Crippen LogP contribution < -0.4 is 0 Å². The van der Waals surface area contributed by atoms with Gasteiger partial charge in [-0.3, -0.25) is 4.79 Å². The van der Waals surface area contributed by atoms with Gasteiger partial charge >= 0.3 is 0 Å². The Balaban J connectivity index is 1.40. The van der Waals surface area contributed by atoms with Crippen LogP contribution in [0.2, 0.25) is 5.02 Å². The largest absolute Gasteiger partial charge is 0.496 e. The van der Waals surface area contributed by atoms with Crippen molar-refractivity contribution in [3.05, 3.63) is 75.4 Å². The standard InChI is InChI=1S/C22H20BrClO3/c23-16-7-5-14(6-8-16)19-13-27-21-11-17(9-10-18(21)22(19)25)26-12-15-3-1-2-4-20(15)24/h1-8,13,17-18,21H,9-12H2. The number of carbonyl (C=O) groups excluding carboxylic acids is 1. The Kier molecular flexibility index (Phi) is 5.67. The highest BCUT2D eigenvalue weighted by atomic mass is 79.9. The molecular formula is C22H20BrClO3. The Hall–Kier alpha value is -1.62. The molecule has 3 atom stereocenters. The van der Waals surface area contributed by atoms with Crippen LogP contribution in [0.4, 0.5) is 0 Å². The number of halogens is 2. The van der Waals surface area contributed by atoms with E-state index in [1.54, 1.807) is 6.26 Å². The molecule has 27 heavy (non-hydrogen) atoms. The molecule has 3 nitrogen and oxygen atoms in total. The molecule has 1 fully saturated rings. The zero-order valence-electron chi connectivity index (χ0n) is 14.7. The van der Waals surface area contributed by atoms with Crippen LogP contribution in [-0.2, 0) is 20.9 Å². The lowest BCUT2D eigenvalue weighted by Crippen LogP contribution is -2.41. The van der Waals surface area contributed by atoms with Crippen LogP contribution in [0.15, 0.2) is 59.3 Å². The molecule has 2 aliphatic rings. The van der Waals surface area contributed by atoms with Gasteiger partial charge in [-0.25, -0.2) is 0 Å². The zero-order chi connectivity index (χ0) is 18.8. The smallest absolute Gasteiger partial charge is 0.173 e. The third kappa shape index (κ3) is 4.13. The maximum atomic E-state index is 13.0. The average Bonchev–Trinajstić information content (AvgIpc) is 2.68. The molecule has 0 saturated heterocycles. The van der Waals surface area contributed by atoms with Gasteiger partial charge in [0.05, 0.1) is 30.5 Å². The molecule has 5 heteroatoms. The van der Waals surface area contributed by atoms with Gasteiger partial charge in [0.1, 0.15) is 6.10 Å². The Morgan fingerprint density at radius 1 is 1.11 bits per heavy atom. The van der Waals surface area contributed by atoms with Crippen molar-refractivity contribution in [2.45, 2.75) is 38.1 Å². The predicted molar refractivity (Wildman–Crippen MR) is 109 cm³/mol. The van der Waals surface area contributed by atoms with Crippen molar-refractivity contribution in [1.82, 2.24) is 0 Å². The van der Waals surface area contributed by atoms with Crippen LogP contribution in [0.1, 0.15) is 30.4 Å². The first-order valence-electron chi connectivity index (χ1n) is 9.12. The number of ketones is 1. The maximum absolute atomic E-state index is 13.0. The molecule has 1 aliphatic heterocycles. The molecule has 1 heterocycles. The number of ether oxygens (including phenoxy) is 2. The maximum Gasteiger partial charge on any atom is 0.173 e. The number of hydrogen-bond donors (Lipinski definition) is 0. The summed E-state index contributed by atoms with van der Waals surface area (Å²) in [5, 5.41) is 0.720. The fraction of sp³-hybridized carbons (Fsp3) is 0.318. The van der Waals surface area contributed by atoms with Crippen molar-refractivity contribution in [3.63, 3.8) is 0 Å². The van der Waals surface area contributed by atoms with Crippen LogP contribution in [0, 0.1) is 5.92 Å². The monoisotopic (exact) mass is 446 g/mol. The first kappa shape index (κ1) is 18.7. The van der Waals surface area contributed by atoms with Gasteiger partial charge in [0.25, 0.3) is 0 Å². The summed E-state index contributed by atoms with van der Waals surface area (Å²) in [6, 6.07) is 15.5. The van der Waals surface area contributed by atoms with Crippen LogP contribution >= 0.6 is 27.5 Å². The number of Topliss-reactive ketones (excluding diaryl/α,β-unsaturated/α-hetero) is 1. The number of allylic oxidation sites excluding steroid dienone is 1. The predicted octanol–water partition coefficient (Wildman–Crippen LogP) is 5.80. The Morgan fingerprint density at radius 3 is 2.67 bits per heavy atom. The topological polar surface area (TPSA) is 35.5 Å². The molecule has 140 valence electrons. The summed E-state index contributed by atoms with van der Waals surface area (Å²) in [5.74, 6) is 0.0898. The number of carbonyl (C=O) groups is 1. The van der Waals surface area contributed by atoms with E-state index in [1.165, 1.54) is 0 Å². The van der Waals surface area contributed by atoms with Gasteiger partial charge in [0.15, 0.2) is 5.78 Å². The van der Waals surface area contributed by atoms with Crippen molar-refractivity contribution in [2.75, 3.05) is 0 Å². The molecule has 0 amide bonds. The van der Waals surface area contributed by atoms with E-state index in [0.29, 0.717) is 12.2 Å². The van der Waals surface area contributed by atoms with E-state index < -0.39 is 0 Å². The number of fused-ring (bicyclic) bond motifs is 1.